The molecule has 0 N–H and O–H groups in total. The zero-order chi connectivity index (χ0) is 15.6. The molecule has 0 aliphatic carbocycles. The number of ether oxygens (including phenoxy) is 1. The number of hydrogen-bond acceptors (Lipinski definition) is 3. The first kappa shape index (κ1) is 15.9. The van der Waals surface area contributed by atoms with Crippen LogP contribution >= 0.6 is 31.9 Å². The lowest BCUT2D eigenvalue weighted by atomic mass is 10.2. The van der Waals surface area contributed by atoms with E-state index in [4.69, 9.17) is 4.74 Å². The molecule has 0 spiro atoms. The summed E-state index contributed by atoms with van der Waals surface area (Å²) in [6.07, 6.45) is 0. The molecule has 0 saturated carbocycles. The Balaban J connectivity index is 2.51. The van der Waals surface area contributed by atoms with E-state index in [0.717, 1.165) is 0 Å². The van der Waals surface area contributed by atoms with E-state index in [2.05, 4.69) is 31.9 Å². The summed E-state index contributed by atoms with van der Waals surface area (Å²) in [6, 6.07) is 7.13. The Labute approximate surface area is 137 Å². The Morgan fingerprint density at radius 1 is 1.33 bits per heavy atom. The lowest BCUT2D eigenvalue weighted by molar-refractivity contribution is -0.385. The number of nitro benzene ring substituents is 1. The van der Waals surface area contributed by atoms with E-state index < -0.39 is 4.92 Å². The van der Waals surface area contributed by atoms with Crippen LogP contribution in [0.15, 0.2) is 34.8 Å². The second-order valence-electron chi connectivity index (χ2n) is 4.32. The summed E-state index contributed by atoms with van der Waals surface area (Å²) in [7, 11) is 0. The molecule has 0 saturated heterocycles. The monoisotopic (exact) mass is 417 g/mol. The number of hydrogen-bond donors (Lipinski definition) is 0. The molecule has 4 nitrogen and oxygen atoms in total. The van der Waals surface area contributed by atoms with Gasteiger partial charge >= 0.3 is 5.69 Å². The molecule has 0 heterocycles. The largest absolute Gasteiger partial charge is 0.450 e. The van der Waals surface area contributed by atoms with Gasteiger partial charge in [0.1, 0.15) is 11.6 Å². The highest BCUT2D eigenvalue weighted by Gasteiger charge is 2.20. The predicted octanol–water partition coefficient (Wildman–Crippen LogP) is 5.49. The van der Waals surface area contributed by atoms with Gasteiger partial charge in [0.15, 0.2) is 0 Å². The number of benzene rings is 2. The van der Waals surface area contributed by atoms with Gasteiger partial charge in [-0.2, -0.15) is 0 Å². The number of halogens is 3. The van der Waals surface area contributed by atoms with Crippen molar-refractivity contribution in [2.45, 2.75) is 12.3 Å². The van der Waals surface area contributed by atoms with Crippen molar-refractivity contribution in [3.8, 4) is 11.5 Å². The number of aryl methyl sites for hydroxylation is 1. The molecule has 0 atom stereocenters. The first-order valence-corrected chi connectivity index (χ1v) is 7.80. The first-order chi connectivity index (χ1) is 9.92. The van der Waals surface area contributed by atoms with Crippen molar-refractivity contribution in [3.63, 3.8) is 0 Å². The van der Waals surface area contributed by atoms with Crippen molar-refractivity contribution in [2.24, 2.45) is 0 Å². The molecule has 0 aliphatic rings. The lowest BCUT2D eigenvalue weighted by Gasteiger charge is -2.12. The van der Waals surface area contributed by atoms with Crippen LogP contribution in [-0.4, -0.2) is 4.92 Å². The maximum absolute atomic E-state index is 13.2. The van der Waals surface area contributed by atoms with E-state index in [0.29, 0.717) is 26.7 Å². The molecule has 0 fully saturated rings. The lowest BCUT2D eigenvalue weighted by Crippen LogP contribution is -1.98. The van der Waals surface area contributed by atoms with Crippen molar-refractivity contribution in [3.05, 3.63) is 61.9 Å². The minimum atomic E-state index is -0.510. The summed E-state index contributed by atoms with van der Waals surface area (Å²) in [5.41, 5.74) is 1.04. The second-order valence-corrected chi connectivity index (χ2v) is 5.79. The molecule has 110 valence electrons. The van der Waals surface area contributed by atoms with E-state index >= 15 is 0 Å². The Bertz CT molecular complexity index is 707. The van der Waals surface area contributed by atoms with E-state index in [1.165, 1.54) is 24.3 Å². The third kappa shape index (κ3) is 3.59. The van der Waals surface area contributed by atoms with Gasteiger partial charge in [0.05, 0.1) is 4.92 Å². The van der Waals surface area contributed by atoms with Crippen LogP contribution in [0, 0.1) is 22.9 Å². The van der Waals surface area contributed by atoms with Crippen LogP contribution in [-0.2, 0) is 5.33 Å². The van der Waals surface area contributed by atoms with Gasteiger partial charge in [0.25, 0.3) is 0 Å². The van der Waals surface area contributed by atoms with Crippen LogP contribution in [0.4, 0.5) is 10.1 Å². The van der Waals surface area contributed by atoms with Gasteiger partial charge in [0.2, 0.25) is 5.75 Å². The quantitative estimate of drug-likeness (QED) is 0.374. The highest BCUT2D eigenvalue weighted by molar-refractivity contribution is 9.10. The molecule has 0 amide bonds. The molecule has 0 aliphatic heterocycles. The average Bonchev–Trinajstić information content (AvgIpc) is 2.42. The van der Waals surface area contributed by atoms with Gasteiger partial charge in [-0.15, -0.1) is 0 Å². The average molecular weight is 419 g/mol. The fraction of sp³-hybridized carbons (Fsp3) is 0.143. The van der Waals surface area contributed by atoms with Gasteiger partial charge in [-0.05, 0) is 36.8 Å². The maximum Gasteiger partial charge on any atom is 0.312 e. The van der Waals surface area contributed by atoms with Crippen molar-refractivity contribution in [2.75, 3.05) is 0 Å². The van der Waals surface area contributed by atoms with Crippen molar-refractivity contribution >= 4 is 37.5 Å². The fourth-order valence-electron chi connectivity index (χ4n) is 1.84. The summed E-state index contributed by atoms with van der Waals surface area (Å²) in [5, 5.41) is 11.5. The van der Waals surface area contributed by atoms with Crippen LogP contribution in [0.5, 0.6) is 11.5 Å². The molecule has 2 aromatic rings. The highest BCUT2D eigenvalue weighted by atomic mass is 79.9. The third-order valence-electron chi connectivity index (χ3n) is 2.80. The topological polar surface area (TPSA) is 52.4 Å². The minimum absolute atomic E-state index is 0.147. The van der Waals surface area contributed by atoms with Crippen LogP contribution in [0.2, 0.25) is 0 Å². The van der Waals surface area contributed by atoms with E-state index in [1.54, 1.807) is 13.0 Å². The van der Waals surface area contributed by atoms with Gasteiger partial charge in [0, 0.05) is 21.4 Å². The summed E-state index contributed by atoms with van der Waals surface area (Å²) < 4.78 is 19.5. The van der Waals surface area contributed by atoms with E-state index in [9.17, 15) is 14.5 Å². The van der Waals surface area contributed by atoms with Crippen molar-refractivity contribution in [1.29, 1.82) is 0 Å². The summed E-state index contributed by atoms with van der Waals surface area (Å²) in [4.78, 5) is 10.7. The maximum atomic E-state index is 13.2. The van der Waals surface area contributed by atoms with Gasteiger partial charge < -0.3 is 4.74 Å². The van der Waals surface area contributed by atoms with Crippen LogP contribution in [0.25, 0.3) is 0 Å². The zero-order valence-electron chi connectivity index (χ0n) is 10.9. The third-order valence-corrected chi connectivity index (χ3v) is 3.86. The van der Waals surface area contributed by atoms with Gasteiger partial charge in [-0.1, -0.05) is 31.9 Å². The van der Waals surface area contributed by atoms with Gasteiger partial charge in [-0.25, -0.2) is 4.39 Å². The molecule has 0 unspecified atom stereocenters. The smallest absolute Gasteiger partial charge is 0.312 e. The normalized spacial score (nSPS) is 10.5. The molecular formula is C14H10Br2FNO3. The van der Waals surface area contributed by atoms with E-state index in [-0.39, 0.29) is 17.3 Å². The predicted molar refractivity (Wildman–Crippen MR) is 84.6 cm³/mol. The zero-order valence-corrected chi connectivity index (χ0v) is 14.1. The van der Waals surface area contributed by atoms with Crippen LogP contribution < -0.4 is 4.74 Å². The summed E-state index contributed by atoms with van der Waals surface area (Å²) >= 11 is 6.47. The summed E-state index contributed by atoms with van der Waals surface area (Å²) in [5.74, 6) is 0.137. The molecule has 0 aromatic heterocycles. The number of alkyl halides is 1. The molecule has 7 heteroatoms. The molecule has 0 bridgehead atoms. The standard InChI is InChI=1S/C14H10Br2FNO3/c1-8-4-10(16)6-12(18(19)20)14(8)21-13-3-2-11(17)5-9(13)7-15/h2-6H,7H2,1H3. The summed E-state index contributed by atoms with van der Waals surface area (Å²) in [6.45, 7) is 1.71. The first-order valence-electron chi connectivity index (χ1n) is 5.89. The molecule has 0 radical (unpaired) electrons. The SMILES string of the molecule is Cc1cc(Br)cc([N+](=O)[O-])c1Oc1ccc(F)cc1CBr. The van der Waals surface area contributed by atoms with Crippen LogP contribution in [0.1, 0.15) is 11.1 Å². The number of nitrogens with zero attached hydrogens (tertiary/aromatic N) is 1. The van der Waals surface area contributed by atoms with Crippen LogP contribution in [0.3, 0.4) is 0 Å². The minimum Gasteiger partial charge on any atom is -0.450 e. The number of rotatable bonds is 4. The molecule has 21 heavy (non-hydrogen) atoms. The molecule has 2 rings (SSSR count). The molecule has 2 aromatic carbocycles. The highest BCUT2D eigenvalue weighted by Crippen LogP contribution is 2.38. The molecular weight excluding hydrogens is 409 g/mol. The Morgan fingerprint density at radius 3 is 2.67 bits per heavy atom. The van der Waals surface area contributed by atoms with Gasteiger partial charge in [-0.3, -0.25) is 10.1 Å². The Morgan fingerprint density at radius 2 is 2.05 bits per heavy atom. The van der Waals surface area contributed by atoms with Crippen molar-refractivity contribution in [1.82, 2.24) is 0 Å². The Hall–Kier alpha value is -1.47. The van der Waals surface area contributed by atoms with E-state index in [1.807, 2.05) is 0 Å². The number of nitro groups is 1. The fourth-order valence-corrected chi connectivity index (χ4v) is 2.84. The Kier molecular flexibility index (Phi) is 4.95. The van der Waals surface area contributed by atoms with Crippen molar-refractivity contribution < 1.29 is 14.1 Å². The second kappa shape index (κ2) is 6.53.